The van der Waals surface area contributed by atoms with Crippen LogP contribution in [0.15, 0.2) is 36.5 Å². The van der Waals surface area contributed by atoms with Crippen molar-refractivity contribution in [2.45, 2.75) is 6.54 Å². The van der Waals surface area contributed by atoms with E-state index in [-0.39, 0.29) is 6.79 Å². The van der Waals surface area contributed by atoms with Crippen molar-refractivity contribution < 1.29 is 9.47 Å². The summed E-state index contributed by atoms with van der Waals surface area (Å²) in [4.78, 5) is 4.17. The Morgan fingerprint density at radius 1 is 1.22 bits per heavy atom. The first-order valence-electron chi connectivity index (χ1n) is 5.56. The molecule has 0 radical (unpaired) electrons. The van der Waals surface area contributed by atoms with Gasteiger partial charge < -0.3 is 14.8 Å². The number of benzene rings is 1. The molecule has 0 spiro atoms. The zero-order chi connectivity index (χ0) is 12.4. The molecule has 0 aliphatic carbocycles. The molecule has 2 heterocycles. The summed E-state index contributed by atoms with van der Waals surface area (Å²) < 4.78 is 10.6. The van der Waals surface area contributed by atoms with Crippen LogP contribution in [0.3, 0.4) is 0 Å². The highest BCUT2D eigenvalue weighted by atomic mass is 35.5. The average Bonchev–Trinajstić information content (AvgIpc) is 2.85. The summed E-state index contributed by atoms with van der Waals surface area (Å²) in [6, 6.07) is 9.44. The van der Waals surface area contributed by atoms with E-state index in [1.807, 2.05) is 18.2 Å². The highest BCUT2D eigenvalue weighted by Gasteiger charge is 2.13. The van der Waals surface area contributed by atoms with Gasteiger partial charge in [-0.25, -0.2) is 4.98 Å². The fourth-order valence-electron chi connectivity index (χ4n) is 1.75. The van der Waals surface area contributed by atoms with Gasteiger partial charge in [0.25, 0.3) is 0 Å². The van der Waals surface area contributed by atoms with E-state index in [2.05, 4.69) is 10.3 Å². The van der Waals surface area contributed by atoms with E-state index < -0.39 is 0 Å². The Balaban J connectivity index is 1.72. The molecule has 1 aromatic heterocycles. The van der Waals surface area contributed by atoms with E-state index in [1.54, 1.807) is 18.3 Å². The maximum atomic E-state index is 6.01. The zero-order valence-corrected chi connectivity index (χ0v) is 10.3. The molecule has 0 saturated heterocycles. The molecule has 3 rings (SSSR count). The Labute approximate surface area is 110 Å². The van der Waals surface area contributed by atoms with Gasteiger partial charge in [-0.1, -0.05) is 17.7 Å². The maximum Gasteiger partial charge on any atom is 0.231 e. The Hall–Kier alpha value is -1.94. The Morgan fingerprint density at radius 3 is 3.00 bits per heavy atom. The second-order valence-corrected chi connectivity index (χ2v) is 4.28. The first kappa shape index (κ1) is 11.2. The Kier molecular flexibility index (Phi) is 2.94. The summed E-state index contributed by atoms with van der Waals surface area (Å²) in [7, 11) is 0. The van der Waals surface area contributed by atoms with Crippen molar-refractivity contribution in [1.29, 1.82) is 0 Å². The smallest absolute Gasteiger partial charge is 0.231 e. The van der Waals surface area contributed by atoms with Crippen molar-refractivity contribution in [2.24, 2.45) is 0 Å². The second-order valence-electron chi connectivity index (χ2n) is 3.87. The molecule has 0 unspecified atom stereocenters. The molecule has 1 aromatic carbocycles. The second kappa shape index (κ2) is 4.74. The minimum Gasteiger partial charge on any atom is -0.454 e. The lowest BCUT2D eigenvalue weighted by Gasteiger charge is -2.07. The van der Waals surface area contributed by atoms with Crippen LogP contribution in [0.5, 0.6) is 11.5 Å². The molecular weight excluding hydrogens is 252 g/mol. The summed E-state index contributed by atoms with van der Waals surface area (Å²) in [5.74, 6) is 2.24. The molecule has 4 nitrogen and oxygen atoms in total. The van der Waals surface area contributed by atoms with E-state index in [4.69, 9.17) is 21.1 Å². The SMILES string of the molecule is Clc1cccnc1NCc1ccc2c(c1)OCO2. The largest absolute Gasteiger partial charge is 0.454 e. The van der Waals surface area contributed by atoms with E-state index in [0.29, 0.717) is 17.4 Å². The molecule has 1 N–H and O–H groups in total. The van der Waals surface area contributed by atoms with Gasteiger partial charge >= 0.3 is 0 Å². The number of aromatic nitrogens is 1. The van der Waals surface area contributed by atoms with Crippen LogP contribution in [-0.2, 0) is 6.54 Å². The van der Waals surface area contributed by atoms with Crippen LogP contribution < -0.4 is 14.8 Å². The van der Waals surface area contributed by atoms with E-state index in [0.717, 1.165) is 17.1 Å². The van der Waals surface area contributed by atoms with Gasteiger partial charge in [-0.3, -0.25) is 0 Å². The van der Waals surface area contributed by atoms with Crippen LogP contribution in [0.1, 0.15) is 5.56 Å². The first-order chi connectivity index (χ1) is 8.83. The van der Waals surface area contributed by atoms with Gasteiger partial charge in [0.05, 0.1) is 5.02 Å². The van der Waals surface area contributed by atoms with Gasteiger partial charge in [0.2, 0.25) is 6.79 Å². The van der Waals surface area contributed by atoms with Gasteiger partial charge in [-0.05, 0) is 29.8 Å². The number of ether oxygens (including phenoxy) is 2. The molecule has 1 aliphatic heterocycles. The van der Waals surface area contributed by atoms with Crippen molar-refractivity contribution in [3.63, 3.8) is 0 Å². The van der Waals surface area contributed by atoms with Crippen molar-refractivity contribution in [3.8, 4) is 11.5 Å². The number of anilines is 1. The third-order valence-electron chi connectivity index (χ3n) is 2.66. The molecule has 18 heavy (non-hydrogen) atoms. The van der Waals surface area contributed by atoms with E-state index in [9.17, 15) is 0 Å². The van der Waals surface area contributed by atoms with Gasteiger partial charge in [0.15, 0.2) is 11.5 Å². The average molecular weight is 263 g/mol. The normalized spacial score (nSPS) is 12.5. The molecule has 92 valence electrons. The molecule has 5 heteroatoms. The van der Waals surface area contributed by atoms with Gasteiger partial charge in [-0.2, -0.15) is 0 Å². The number of pyridine rings is 1. The van der Waals surface area contributed by atoms with Crippen LogP contribution in [0, 0.1) is 0 Å². The minimum absolute atomic E-state index is 0.290. The van der Waals surface area contributed by atoms with Crippen LogP contribution in [-0.4, -0.2) is 11.8 Å². The summed E-state index contributed by atoms with van der Waals surface area (Å²) in [5.41, 5.74) is 1.08. The van der Waals surface area contributed by atoms with Crippen molar-refractivity contribution in [1.82, 2.24) is 4.98 Å². The fourth-order valence-corrected chi connectivity index (χ4v) is 1.94. The molecule has 0 atom stereocenters. The predicted molar refractivity (Wildman–Crippen MR) is 69.1 cm³/mol. The quantitative estimate of drug-likeness (QED) is 0.923. The first-order valence-corrected chi connectivity index (χ1v) is 5.93. The standard InChI is InChI=1S/C13H11ClN2O2/c14-10-2-1-5-15-13(10)16-7-9-3-4-11-12(6-9)18-8-17-11/h1-6H,7-8H2,(H,15,16). The van der Waals surface area contributed by atoms with Crippen molar-refractivity contribution in [2.75, 3.05) is 12.1 Å². The molecule has 0 amide bonds. The molecule has 0 saturated carbocycles. The molecule has 1 aliphatic rings. The van der Waals surface area contributed by atoms with Crippen LogP contribution in [0.2, 0.25) is 5.02 Å². The number of nitrogens with one attached hydrogen (secondary N) is 1. The van der Waals surface area contributed by atoms with Crippen molar-refractivity contribution >= 4 is 17.4 Å². The zero-order valence-electron chi connectivity index (χ0n) is 9.52. The predicted octanol–water partition coefficient (Wildman–Crippen LogP) is 3.08. The lowest BCUT2D eigenvalue weighted by atomic mass is 10.2. The van der Waals surface area contributed by atoms with Crippen LogP contribution in [0.25, 0.3) is 0 Å². The lowest BCUT2D eigenvalue weighted by Crippen LogP contribution is -2.01. The maximum absolute atomic E-state index is 6.01. The summed E-state index contributed by atoms with van der Waals surface area (Å²) >= 11 is 6.01. The lowest BCUT2D eigenvalue weighted by molar-refractivity contribution is 0.174. The van der Waals surface area contributed by atoms with Crippen molar-refractivity contribution in [3.05, 3.63) is 47.1 Å². The number of nitrogens with zero attached hydrogens (tertiary/aromatic N) is 1. The Bertz CT molecular complexity index is 575. The topological polar surface area (TPSA) is 43.4 Å². The van der Waals surface area contributed by atoms with Crippen LogP contribution >= 0.6 is 11.6 Å². The van der Waals surface area contributed by atoms with E-state index >= 15 is 0 Å². The van der Waals surface area contributed by atoms with Gasteiger partial charge in [0.1, 0.15) is 5.82 Å². The Morgan fingerprint density at radius 2 is 2.11 bits per heavy atom. The number of hydrogen-bond acceptors (Lipinski definition) is 4. The third kappa shape index (κ3) is 2.19. The fraction of sp³-hybridized carbons (Fsp3) is 0.154. The summed E-state index contributed by atoms with van der Waals surface area (Å²) in [6.45, 7) is 0.922. The molecule has 2 aromatic rings. The van der Waals surface area contributed by atoms with Gasteiger partial charge in [-0.15, -0.1) is 0 Å². The molecular formula is C13H11ClN2O2. The van der Waals surface area contributed by atoms with Crippen LogP contribution in [0.4, 0.5) is 5.82 Å². The van der Waals surface area contributed by atoms with Gasteiger partial charge in [0, 0.05) is 12.7 Å². The number of hydrogen-bond donors (Lipinski definition) is 1. The minimum atomic E-state index is 0.290. The summed E-state index contributed by atoms with van der Waals surface area (Å²) in [6.07, 6.45) is 1.70. The number of halogens is 1. The van der Waals surface area contributed by atoms with E-state index in [1.165, 1.54) is 0 Å². The highest BCUT2D eigenvalue weighted by Crippen LogP contribution is 2.32. The summed E-state index contributed by atoms with van der Waals surface area (Å²) in [5, 5.41) is 3.79. The highest BCUT2D eigenvalue weighted by molar-refractivity contribution is 6.32. The number of rotatable bonds is 3. The molecule has 0 fully saturated rings. The monoisotopic (exact) mass is 262 g/mol. The molecule has 0 bridgehead atoms. The number of fused-ring (bicyclic) bond motifs is 1. The third-order valence-corrected chi connectivity index (χ3v) is 2.96.